The highest BCUT2D eigenvalue weighted by atomic mass is 14.9. The minimum Gasteiger partial charge on any atom is -0.385 e. The highest BCUT2D eigenvalue weighted by Gasteiger charge is 1.97. The molecule has 0 fully saturated rings. The van der Waals surface area contributed by atoms with Crippen molar-refractivity contribution in [1.82, 2.24) is 5.32 Å². The van der Waals surface area contributed by atoms with Gasteiger partial charge in [0.25, 0.3) is 0 Å². The number of allylic oxidation sites excluding steroid dienone is 1. The second-order valence-corrected chi connectivity index (χ2v) is 5.02. The average Bonchev–Trinajstić information content (AvgIpc) is 2.49. The van der Waals surface area contributed by atoms with Crippen molar-refractivity contribution in [2.75, 3.05) is 7.05 Å². The first-order chi connectivity index (χ1) is 9.76. The van der Waals surface area contributed by atoms with Crippen LogP contribution in [0, 0.1) is 0 Å². The van der Waals surface area contributed by atoms with Gasteiger partial charge in [-0.1, -0.05) is 37.3 Å². The molecule has 0 aliphatic heterocycles. The van der Waals surface area contributed by atoms with Crippen LogP contribution >= 0.6 is 0 Å². The first-order valence-corrected chi connectivity index (χ1v) is 7.36. The molecule has 1 rings (SSSR count). The van der Waals surface area contributed by atoms with Gasteiger partial charge in [-0.15, -0.1) is 0 Å². The Balaban J connectivity index is 2.16. The minimum atomic E-state index is 0.593. The van der Waals surface area contributed by atoms with Crippen molar-refractivity contribution in [2.24, 2.45) is 10.7 Å². The molecule has 0 aliphatic rings. The monoisotopic (exact) mass is 273 g/mol. The van der Waals surface area contributed by atoms with E-state index in [1.54, 1.807) is 0 Å². The van der Waals surface area contributed by atoms with Crippen molar-refractivity contribution in [3.63, 3.8) is 0 Å². The van der Waals surface area contributed by atoms with Gasteiger partial charge in [-0.25, -0.2) is 0 Å². The van der Waals surface area contributed by atoms with Gasteiger partial charge in [0.15, 0.2) is 0 Å². The summed E-state index contributed by atoms with van der Waals surface area (Å²) in [6.07, 6.45) is 7.74. The van der Waals surface area contributed by atoms with Crippen LogP contribution in [0.25, 0.3) is 0 Å². The lowest BCUT2D eigenvalue weighted by atomic mass is 10.1. The fraction of sp³-hybridized carbons (Fsp3) is 0.471. The summed E-state index contributed by atoms with van der Waals surface area (Å²) in [5, 5.41) is 3.39. The zero-order valence-electron chi connectivity index (χ0n) is 12.6. The molecule has 1 aromatic rings. The Morgan fingerprint density at radius 2 is 2.10 bits per heavy atom. The highest BCUT2D eigenvalue weighted by Crippen LogP contribution is 2.09. The number of unbranched alkanes of at least 4 members (excludes halogenated alkanes) is 3. The molecular formula is C17H27N3. The molecule has 0 radical (unpaired) electrons. The smallest absolute Gasteiger partial charge is 0.0397 e. The van der Waals surface area contributed by atoms with Crippen LogP contribution in [0.1, 0.15) is 43.2 Å². The predicted octanol–water partition coefficient (Wildman–Crippen LogP) is 3.40. The number of nitrogens with zero attached hydrogens (tertiary/aromatic N) is 1. The van der Waals surface area contributed by atoms with E-state index in [1.807, 2.05) is 13.3 Å². The van der Waals surface area contributed by atoms with E-state index in [2.05, 4.69) is 41.2 Å². The first kappa shape index (κ1) is 16.4. The number of rotatable bonds is 10. The molecule has 20 heavy (non-hydrogen) atoms. The Bertz CT molecular complexity index is 424. The largest absolute Gasteiger partial charge is 0.385 e. The summed E-state index contributed by atoms with van der Waals surface area (Å²) < 4.78 is 0. The molecule has 0 bridgehead atoms. The Labute approximate surface area is 123 Å². The molecule has 0 aromatic heterocycles. The molecule has 0 saturated carbocycles. The van der Waals surface area contributed by atoms with Gasteiger partial charge in [0.1, 0.15) is 0 Å². The molecule has 3 nitrogen and oxygen atoms in total. The number of hydrogen-bond acceptors (Lipinski definition) is 3. The lowest BCUT2D eigenvalue weighted by Gasteiger charge is -2.10. The quantitative estimate of drug-likeness (QED) is 0.507. The summed E-state index contributed by atoms with van der Waals surface area (Å²) in [7, 11) is 1.82. The Morgan fingerprint density at radius 1 is 1.30 bits per heavy atom. The topological polar surface area (TPSA) is 50.4 Å². The Kier molecular flexibility index (Phi) is 8.40. The zero-order chi connectivity index (χ0) is 14.6. The Hall–Kier alpha value is -1.61. The van der Waals surface area contributed by atoms with Crippen molar-refractivity contribution in [3.05, 3.63) is 47.7 Å². The molecule has 0 unspecified atom stereocenters. The Morgan fingerprint density at radius 3 is 2.85 bits per heavy atom. The first-order valence-electron chi connectivity index (χ1n) is 7.36. The molecule has 0 amide bonds. The van der Waals surface area contributed by atoms with Crippen LogP contribution in [0.2, 0.25) is 0 Å². The van der Waals surface area contributed by atoms with Crippen LogP contribution in [0.5, 0.6) is 0 Å². The average molecular weight is 273 g/mol. The molecule has 0 heterocycles. The number of hydrogen-bond donors (Lipinski definition) is 2. The van der Waals surface area contributed by atoms with Gasteiger partial charge < -0.3 is 16.0 Å². The summed E-state index contributed by atoms with van der Waals surface area (Å²) in [6.45, 7) is 5.51. The number of nitrogens with one attached hydrogen (secondary N) is 1. The molecule has 110 valence electrons. The van der Waals surface area contributed by atoms with Crippen LogP contribution in [-0.4, -0.2) is 13.3 Å². The molecule has 3 heteroatoms. The summed E-state index contributed by atoms with van der Waals surface area (Å²) >= 11 is 0. The van der Waals surface area contributed by atoms with Gasteiger partial charge in [-0.2, -0.15) is 0 Å². The maximum Gasteiger partial charge on any atom is 0.0397 e. The third-order valence-electron chi connectivity index (χ3n) is 3.26. The van der Waals surface area contributed by atoms with Crippen molar-refractivity contribution in [1.29, 1.82) is 0 Å². The van der Waals surface area contributed by atoms with Gasteiger partial charge in [-0.05, 0) is 43.0 Å². The molecule has 1 aromatic carbocycles. The maximum absolute atomic E-state index is 5.64. The summed E-state index contributed by atoms with van der Waals surface area (Å²) in [4.78, 5) is 3.98. The SMILES string of the molecule is C=C(CCCCCC=NC)NCc1cccc(CN)c1. The lowest BCUT2D eigenvalue weighted by molar-refractivity contribution is 0.657. The van der Waals surface area contributed by atoms with E-state index in [1.165, 1.54) is 30.4 Å². The fourth-order valence-electron chi connectivity index (χ4n) is 2.06. The third-order valence-corrected chi connectivity index (χ3v) is 3.26. The van der Waals surface area contributed by atoms with Crippen molar-refractivity contribution in [2.45, 2.75) is 45.2 Å². The molecule has 3 N–H and O–H groups in total. The third kappa shape index (κ3) is 7.10. The van der Waals surface area contributed by atoms with Gasteiger partial charge in [0.05, 0.1) is 0 Å². The molecule has 0 saturated heterocycles. The summed E-state index contributed by atoms with van der Waals surface area (Å²) in [6, 6.07) is 8.36. The normalized spacial score (nSPS) is 10.9. The van der Waals surface area contributed by atoms with Gasteiger partial charge >= 0.3 is 0 Å². The minimum absolute atomic E-state index is 0.593. The highest BCUT2D eigenvalue weighted by molar-refractivity contribution is 5.56. The van der Waals surface area contributed by atoms with Gasteiger partial charge in [0, 0.05) is 25.8 Å². The summed E-state index contributed by atoms with van der Waals surface area (Å²) in [5.74, 6) is 0. The van der Waals surface area contributed by atoms with E-state index < -0.39 is 0 Å². The van der Waals surface area contributed by atoms with E-state index >= 15 is 0 Å². The number of aliphatic imine (C=N–C) groups is 1. The van der Waals surface area contributed by atoms with E-state index in [9.17, 15) is 0 Å². The molecule has 0 spiro atoms. The van der Waals surface area contributed by atoms with Gasteiger partial charge in [0.2, 0.25) is 0 Å². The maximum atomic E-state index is 5.64. The van der Waals surface area contributed by atoms with E-state index in [-0.39, 0.29) is 0 Å². The number of nitrogens with two attached hydrogens (primary N) is 1. The fourth-order valence-corrected chi connectivity index (χ4v) is 2.06. The lowest BCUT2D eigenvalue weighted by Crippen LogP contribution is -2.12. The van der Waals surface area contributed by atoms with Crippen molar-refractivity contribution < 1.29 is 0 Å². The molecular weight excluding hydrogens is 246 g/mol. The second-order valence-electron chi connectivity index (χ2n) is 5.02. The van der Waals surface area contributed by atoms with E-state index in [0.29, 0.717) is 6.54 Å². The summed E-state index contributed by atoms with van der Waals surface area (Å²) in [5.41, 5.74) is 9.19. The second kappa shape index (κ2) is 10.2. The van der Waals surface area contributed by atoms with Crippen LogP contribution < -0.4 is 11.1 Å². The van der Waals surface area contributed by atoms with Crippen LogP contribution in [0.15, 0.2) is 41.5 Å². The van der Waals surface area contributed by atoms with Crippen LogP contribution in [0.3, 0.4) is 0 Å². The van der Waals surface area contributed by atoms with E-state index in [4.69, 9.17) is 5.73 Å². The van der Waals surface area contributed by atoms with Gasteiger partial charge in [-0.3, -0.25) is 0 Å². The molecule has 0 atom stereocenters. The number of benzene rings is 1. The zero-order valence-corrected chi connectivity index (χ0v) is 12.6. The van der Waals surface area contributed by atoms with E-state index in [0.717, 1.165) is 25.1 Å². The van der Waals surface area contributed by atoms with Crippen molar-refractivity contribution >= 4 is 6.21 Å². The molecule has 0 aliphatic carbocycles. The predicted molar refractivity (Wildman–Crippen MR) is 87.8 cm³/mol. The standard InChI is InChI=1S/C17H27N3/c1-15(8-5-3-4-6-11-19-2)20-14-17-10-7-9-16(12-17)13-18/h7,9-12,20H,1,3-6,8,13-14,18H2,2H3. The van der Waals surface area contributed by atoms with Crippen molar-refractivity contribution in [3.8, 4) is 0 Å². The van der Waals surface area contributed by atoms with Crippen LogP contribution in [-0.2, 0) is 13.1 Å². The van der Waals surface area contributed by atoms with Crippen LogP contribution in [0.4, 0.5) is 0 Å².